The highest BCUT2D eigenvalue weighted by Gasteiger charge is 2.18. The van der Waals surface area contributed by atoms with Crippen LogP contribution in [0, 0.1) is 62.5 Å². The number of hydrogen-bond donors (Lipinski definition) is 32. The van der Waals surface area contributed by atoms with E-state index >= 15 is 0 Å². The number of hydrogen-bond acceptors (Lipinski definition) is 12. The van der Waals surface area contributed by atoms with Crippen LogP contribution in [0.25, 0.3) is 0 Å². The molecule has 0 fully saturated rings. The summed E-state index contributed by atoms with van der Waals surface area (Å²) in [6, 6.07) is 3.41. The van der Waals surface area contributed by atoms with Crippen molar-refractivity contribution in [3.63, 3.8) is 0 Å². The Labute approximate surface area is 817 Å². The zero-order valence-electron chi connectivity index (χ0n) is 83.5. The Morgan fingerprint density at radius 2 is 0.714 bits per heavy atom. The average molecular weight is 1940 g/mol. The van der Waals surface area contributed by atoms with Gasteiger partial charge in [0.1, 0.15) is 17.2 Å². The van der Waals surface area contributed by atoms with Crippen molar-refractivity contribution in [2.75, 3.05) is 75.4 Å². The van der Waals surface area contributed by atoms with Gasteiger partial charge >= 0.3 is 0 Å². The van der Waals surface area contributed by atoms with Gasteiger partial charge in [-0.3, -0.25) is 48.7 Å². The molecule has 52 nitrogen and oxygen atoms in total. The molecule has 52 heteroatoms. The van der Waals surface area contributed by atoms with Crippen molar-refractivity contribution in [1.82, 2.24) is 56.0 Å². The Bertz CT molecular complexity index is 5670. The zero-order chi connectivity index (χ0) is 107. The lowest BCUT2D eigenvalue weighted by molar-refractivity contribution is 0.534. The van der Waals surface area contributed by atoms with E-state index in [0.717, 1.165) is 119 Å². The predicted octanol–water partition coefficient (Wildman–Crippen LogP) is 3.02. The molecule has 0 aromatic carbocycles. The molecule has 2 aromatic rings. The van der Waals surface area contributed by atoms with E-state index in [4.69, 9.17) is 161 Å². The van der Waals surface area contributed by atoms with Crippen LogP contribution in [-0.2, 0) is 0 Å². The van der Waals surface area contributed by atoms with Crippen LogP contribution in [-0.4, -0.2) is 219 Å². The third-order valence-corrected chi connectivity index (χ3v) is 18.6. The van der Waals surface area contributed by atoms with Crippen molar-refractivity contribution in [3.05, 3.63) is 224 Å². The minimum Gasteiger partial charge on any atom is -0.467 e. The zero-order valence-corrected chi connectivity index (χ0v) is 83.5. The monoisotopic (exact) mass is 1940 g/mol. The average Bonchev–Trinajstić information content (AvgIpc) is 1.72. The van der Waals surface area contributed by atoms with Gasteiger partial charge in [-0.05, 0) is 179 Å². The molecule has 0 unspecified atom stereocenters. The van der Waals surface area contributed by atoms with Gasteiger partial charge in [0.05, 0.1) is 18.2 Å². The van der Waals surface area contributed by atoms with Crippen LogP contribution in [0.1, 0.15) is 118 Å². The topological polar surface area (TPSA) is 928 Å². The SMILES string of the molecule is CC1=C(N(C)C(N)=NC(=N)N)C=CC1.CC1=C(NC(N)=NC(=N)N(C)C)C=CC1.CC1=CC(N(C)C(N)=NC(=N)N)=CC1.CC1=CC(NC(N)=NC(=N)N(C)C)=CC1.CC1=CC(NC(N)=NC(=N)N)=CC1.CC1=CCC=C1N(C)C(N)=NC(=N)N.CC1=CCC=C1NC(N)=NC(=N)N.CC1=CCC=C1NC(N)=NC(=N)N(C)C.Cc1occc1N(C)C(=N)N=C(N)N.Cc1occc1N=C(N)N=C(N)N. The van der Waals surface area contributed by atoms with Crippen molar-refractivity contribution in [2.45, 2.75) is 121 Å². The smallest absolute Gasteiger partial charge is 0.225 e. The van der Waals surface area contributed by atoms with E-state index < -0.39 is 0 Å². The lowest BCUT2D eigenvalue weighted by Gasteiger charge is -2.20. The third kappa shape index (κ3) is 48.5. The van der Waals surface area contributed by atoms with Crippen molar-refractivity contribution >= 4 is 131 Å². The van der Waals surface area contributed by atoms with Crippen LogP contribution in [0.4, 0.5) is 11.4 Å². The Morgan fingerprint density at radius 1 is 0.336 bits per heavy atom. The first kappa shape index (κ1) is 120. The van der Waals surface area contributed by atoms with Gasteiger partial charge < -0.3 is 173 Å². The molecular weight excluding hydrogens is 1790 g/mol. The van der Waals surface area contributed by atoms with Gasteiger partial charge in [-0.25, -0.2) is 4.99 Å². The van der Waals surface area contributed by atoms with Crippen molar-refractivity contribution in [3.8, 4) is 0 Å². The summed E-state index contributed by atoms with van der Waals surface area (Å²) >= 11 is 0. The summed E-state index contributed by atoms with van der Waals surface area (Å²) in [6.07, 6.45) is 43.0. The second-order valence-corrected chi connectivity index (χ2v) is 31.2. The van der Waals surface area contributed by atoms with Gasteiger partial charge in [0.25, 0.3) is 0 Å². The summed E-state index contributed by atoms with van der Waals surface area (Å²) < 4.78 is 10.1. The van der Waals surface area contributed by atoms with E-state index in [-0.39, 0.29) is 119 Å². The Morgan fingerprint density at radius 3 is 1.06 bits per heavy atom. The molecule has 2 aromatic heterocycles. The number of allylic oxidation sites excluding steroid dienone is 24. The number of aryl methyl sites for hydroxylation is 2. The fraction of sp³-hybridized carbons (Fsp3) is 0.318. The highest BCUT2D eigenvalue weighted by molar-refractivity contribution is 6.02. The molecular formula is C88H146N50O2. The molecule has 0 bridgehead atoms. The minimum absolute atomic E-state index is 0.00417. The molecule has 0 saturated heterocycles. The summed E-state index contributed by atoms with van der Waals surface area (Å²) in [5, 5.41) is 79.3. The molecule has 0 aliphatic heterocycles. The van der Waals surface area contributed by atoms with Crippen LogP contribution < -0.4 is 135 Å². The van der Waals surface area contributed by atoms with Gasteiger partial charge in [0, 0.05) is 128 Å². The Balaban J connectivity index is 0.000000778. The maximum atomic E-state index is 7.53. The normalized spacial score (nSPS) is 15.0. The largest absolute Gasteiger partial charge is 0.467 e. The molecule has 760 valence electrons. The lowest BCUT2D eigenvalue weighted by Crippen LogP contribution is -2.34. The molecule has 8 aliphatic carbocycles. The number of rotatable bonds is 10. The van der Waals surface area contributed by atoms with Gasteiger partial charge in [-0.15, -0.1) is 0 Å². The first-order chi connectivity index (χ1) is 65.3. The highest BCUT2D eigenvalue weighted by atomic mass is 16.3. The van der Waals surface area contributed by atoms with E-state index in [1.54, 1.807) is 132 Å². The van der Waals surface area contributed by atoms with Gasteiger partial charge in [0.15, 0.2) is 11.9 Å². The van der Waals surface area contributed by atoms with Crippen molar-refractivity contribution in [1.29, 1.82) is 48.7 Å². The molecule has 2 heterocycles. The number of anilines is 1. The molecule has 0 saturated carbocycles. The third-order valence-electron chi connectivity index (χ3n) is 18.6. The molecule has 0 atom stereocenters. The fourth-order valence-electron chi connectivity index (χ4n) is 11.2. The van der Waals surface area contributed by atoms with Crippen LogP contribution in [0.5, 0.6) is 0 Å². The number of furan rings is 2. The second-order valence-electron chi connectivity index (χ2n) is 31.2. The van der Waals surface area contributed by atoms with E-state index in [2.05, 4.69) is 138 Å². The molecule has 140 heavy (non-hydrogen) atoms. The number of nitrogens with two attached hydrogens (primary N) is 18. The Kier molecular flexibility index (Phi) is 52.1. The van der Waals surface area contributed by atoms with Gasteiger partial charge in [-0.2, -0.15) is 49.9 Å². The first-order valence-corrected chi connectivity index (χ1v) is 42.5. The standard InChI is InChI=1S/3C10H17N5.3C9H15N5.C8H13N5O.2C8H13N5.C7H11N5O/c1-7-4-5-8(6-7)13-9(11)14-10(12)15(2)3;2*1-7-5-4-6-8(7)13-9(11)14-10(12)15(2)3;1-6-3-4-7(5-6)14(2)9(12)13-8(10)11;2*1-6-4-3-5-7(6)14(2)9(12)13-8(10)11;1-5-6(3-4-14-5)13(2)8(11)12-7(9)10;1-5-2-3-6(4-5)12-8(11)13-7(9)10;1-5-3-2-4-6(5)12-8(11)13-7(9)10;1-4-5(2-3-13-4)11-7(10)12-6(8)9/h2*5-6H,4H2,1-3H3,(H4,11,12,13,14);4,6H,5H2,1-3H3,(H4,11,12,13,14);2*4-5H,3H2,1-2H3,(H5,10,11,12,13);3,5H,4H2,1-2H3,(H5,10,11,12,13);3-4H,1-2H3,(H5,9,10,11,12);2*3-4H,2H2,1H3,(H6,9,10,11,12,13);2-3H,1H3,(H6,8,9,10,11,12). The summed E-state index contributed by atoms with van der Waals surface area (Å²) in [5.74, 6) is 1.73. The first-order valence-electron chi connectivity index (χ1n) is 42.5. The van der Waals surface area contributed by atoms with Crippen LogP contribution in [0.2, 0.25) is 0 Å². The number of aliphatic imine (C=N–C) groups is 11. The molecule has 0 spiro atoms. The molecule has 10 rings (SSSR count). The predicted molar refractivity (Wildman–Crippen MR) is 573 cm³/mol. The summed E-state index contributed by atoms with van der Waals surface area (Å²) in [6.45, 7) is 19.8. The van der Waals surface area contributed by atoms with Crippen molar-refractivity contribution in [2.24, 2.45) is 158 Å². The lowest BCUT2D eigenvalue weighted by atomic mass is 10.2. The number of nitrogens with one attached hydrogen (secondary N) is 14. The van der Waals surface area contributed by atoms with Crippen LogP contribution >= 0.6 is 0 Å². The number of nitrogens with zero attached hydrogens (tertiary/aromatic N) is 18. The minimum atomic E-state index is -0.302. The maximum Gasteiger partial charge on any atom is 0.225 e. The van der Waals surface area contributed by atoms with Crippen LogP contribution in [0.15, 0.2) is 276 Å². The van der Waals surface area contributed by atoms with E-state index in [9.17, 15) is 0 Å². The number of likely N-dealkylation sites (N-methyl/N-ethyl adjacent to an activating group) is 3. The van der Waals surface area contributed by atoms with E-state index in [0.29, 0.717) is 17.2 Å². The maximum absolute atomic E-state index is 7.53. The number of guanidine groups is 20. The summed E-state index contributed by atoms with van der Waals surface area (Å²) in [5.41, 5.74) is 115. The van der Waals surface area contributed by atoms with Gasteiger partial charge in [-0.1, -0.05) is 83.6 Å². The molecule has 0 radical (unpaired) electrons. The molecule has 8 aliphatic rings. The molecule has 50 N–H and O–H groups in total. The summed E-state index contributed by atoms with van der Waals surface area (Å²) in [7, 11) is 17.6. The van der Waals surface area contributed by atoms with E-state index in [1.807, 2.05) is 96.2 Å². The fourth-order valence-corrected chi connectivity index (χ4v) is 11.2. The quantitative estimate of drug-likeness (QED) is 0.120. The second kappa shape index (κ2) is 60.8. The van der Waals surface area contributed by atoms with E-state index in [1.165, 1.54) is 39.0 Å². The van der Waals surface area contributed by atoms with Gasteiger partial charge in [0.2, 0.25) is 107 Å². The van der Waals surface area contributed by atoms with Crippen LogP contribution in [0.3, 0.4) is 0 Å². The summed E-state index contributed by atoms with van der Waals surface area (Å²) in [4.78, 5) is 52.3. The Hall–Kier alpha value is -18.2. The molecule has 0 amide bonds. The van der Waals surface area contributed by atoms with Crippen molar-refractivity contribution < 1.29 is 8.83 Å². The highest BCUT2D eigenvalue weighted by Crippen LogP contribution is 2.25.